The van der Waals surface area contributed by atoms with Crippen LogP contribution in [0.2, 0.25) is 0 Å². The summed E-state index contributed by atoms with van der Waals surface area (Å²) in [5.74, 6) is 0.768. The van der Waals surface area contributed by atoms with Gasteiger partial charge in [0.2, 0.25) is 0 Å². The highest BCUT2D eigenvalue weighted by Gasteiger charge is 2.31. The molecule has 1 aromatic heterocycles. The molecule has 0 atom stereocenters. The molecule has 4 nitrogen and oxygen atoms in total. The highest BCUT2D eigenvalue weighted by atomic mass is 16.3. The SMILES string of the molecule is CCn1nc(C)cc1CNCC1(O)CCC(C)CC1. The van der Waals surface area contributed by atoms with Crippen LogP contribution in [-0.2, 0) is 13.1 Å². The van der Waals surface area contributed by atoms with Gasteiger partial charge in [-0.2, -0.15) is 5.10 Å². The van der Waals surface area contributed by atoms with Crippen LogP contribution in [0.5, 0.6) is 0 Å². The average Bonchev–Trinajstić information content (AvgIpc) is 2.74. The normalized spacial score (nSPS) is 27.7. The molecule has 1 heterocycles. The lowest BCUT2D eigenvalue weighted by Gasteiger charge is -2.35. The van der Waals surface area contributed by atoms with Crippen molar-refractivity contribution in [2.24, 2.45) is 5.92 Å². The van der Waals surface area contributed by atoms with Crippen LogP contribution in [0.4, 0.5) is 0 Å². The zero-order valence-corrected chi connectivity index (χ0v) is 12.4. The summed E-state index contributed by atoms with van der Waals surface area (Å²) in [6.07, 6.45) is 4.13. The number of aryl methyl sites for hydroxylation is 2. The number of hydrogen-bond acceptors (Lipinski definition) is 3. The Morgan fingerprint density at radius 2 is 2.16 bits per heavy atom. The third-order valence-electron chi connectivity index (χ3n) is 4.25. The van der Waals surface area contributed by atoms with E-state index >= 15 is 0 Å². The van der Waals surface area contributed by atoms with Gasteiger partial charge in [0.05, 0.1) is 17.0 Å². The predicted octanol–water partition coefficient (Wildman–Crippen LogP) is 2.24. The van der Waals surface area contributed by atoms with Gasteiger partial charge in [0.15, 0.2) is 0 Å². The highest BCUT2D eigenvalue weighted by Crippen LogP contribution is 2.31. The van der Waals surface area contributed by atoms with Crippen LogP contribution in [-0.4, -0.2) is 27.0 Å². The van der Waals surface area contributed by atoms with Gasteiger partial charge >= 0.3 is 0 Å². The summed E-state index contributed by atoms with van der Waals surface area (Å²) in [6, 6.07) is 2.11. The van der Waals surface area contributed by atoms with Crippen molar-refractivity contribution in [3.8, 4) is 0 Å². The fraction of sp³-hybridized carbons (Fsp3) is 0.800. The summed E-state index contributed by atoms with van der Waals surface area (Å²) in [6.45, 7) is 8.76. The van der Waals surface area contributed by atoms with Crippen LogP contribution in [0, 0.1) is 12.8 Å². The fourth-order valence-electron chi connectivity index (χ4n) is 2.91. The molecule has 1 aliphatic carbocycles. The minimum Gasteiger partial charge on any atom is -0.389 e. The minimum atomic E-state index is -0.501. The molecule has 108 valence electrons. The monoisotopic (exact) mass is 265 g/mol. The van der Waals surface area contributed by atoms with E-state index in [9.17, 15) is 5.11 Å². The first kappa shape index (κ1) is 14.5. The third-order valence-corrected chi connectivity index (χ3v) is 4.25. The van der Waals surface area contributed by atoms with E-state index in [-0.39, 0.29) is 0 Å². The Hall–Kier alpha value is -0.870. The largest absolute Gasteiger partial charge is 0.389 e. The number of rotatable bonds is 5. The van der Waals surface area contributed by atoms with Crippen molar-refractivity contribution >= 4 is 0 Å². The quantitative estimate of drug-likeness (QED) is 0.858. The van der Waals surface area contributed by atoms with E-state index in [4.69, 9.17) is 0 Å². The van der Waals surface area contributed by atoms with Gasteiger partial charge in [-0.05, 0) is 51.5 Å². The third kappa shape index (κ3) is 3.80. The van der Waals surface area contributed by atoms with Crippen molar-refractivity contribution in [2.75, 3.05) is 6.54 Å². The molecule has 0 amide bonds. The Morgan fingerprint density at radius 3 is 2.79 bits per heavy atom. The first-order valence-electron chi connectivity index (χ1n) is 7.49. The molecule has 0 spiro atoms. The van der Waals surface area contributed by atoms with Gasteiger partial charge in [-0.15, -0.1) is 0 Å². The molecule has 1 aliphatic rings. The lowest BCUT2D eigenvalue weighted by Crippen LogP contribution is -2.43. The van der Waals surface area contributed by atoms with Gasteiger partial charge in [0.1, 0.15) is 0 Å². The van der Waals surface area contributed by atoms with E-state index < -0.39 is 5.60 Å². The molecule has 19 heavy (non-hydrogen) atoms. The van der Waals surface area contributed by atoms with Crippen molar-refractivity contribution in [3.63, 3.8) is 0 Å². The van der Waals surface area contributed by atoms with E-state index in [1.807, 2.05) is 11.6 Å². The molecule has 0 bridgehead atoms. The number of hydrogen-bond donors (Lipinski definition) is 2. The maximum atomic E-state index is 10.5. The lowest BCUT2D eigenvalue weighted by molar-refractivity contribution is -0.00641. The van der Waals surface area contributed by atoms with Crippen molar-refractivity contribution in [1.82, 2.24) is 15.1 Å². The van der Waals surface area contributed by atoms with Crippen molar-refractivity contribution in [3.05, 3.63) is 17.5 Å². The molecule has 0 aliphatic heterocycles. The highest BCUT2D eigenvalue weighted by molar-refractivity contribution is 5.08. The van der Waals surface area contributed by atoms with Gasteiger partial charge in [-0.3, -0.25) is 4.68 Å². The van der Waals surface area contributed by atoms with E-state index in [0.29, 0.717) is 6.54 Å². The average molecular weight is 265 g/mol. The minimum absolute atomic E-state index is 0.501. The number of aromatic nitrogens is 2. The molecule has 0 unspecified atom stereocenters. The van der Waals surface area contributed by atoms with E-state index in [2.05, 4.69) is 30.3 Å². The Kier molecular flexibility index (Phi) is 4.63. The Labute approximate surface area is 116 Å². The van der Waals surface area contributed by atoms with Gasteiger partial charge < -0.3 is 10.4 Å². The first-order chi connectivity index (χ1) is 9.02. The molecule has 1 fully saturated rings. The molecule has 0 saturated heterocycles. The standard InChI is InChI=1S/C15H27N3O/c1-4-18-14(9-13(3)17-18)10-16-11-15(19)7-5-12(2)6-8-15/h9,12,16,19H,4-8,10-11H2,1-3H3. The summed E-state index contributed by atoms with van der Waals surface area (Å²) < 4.78 is 2.02. The van der Waals surface area contributed by atoms with Gasteiger partial charge in [0, 0.05) is 19.6 Å². The van der Waals surface area contributed by atoms with Crippen molar-refractivity contribution in [2.45, 2.75) is 65.1 Å². The van der Waals surface area contributed by atoms with Gasteiger partial charge in [-0.25, -0.2) is 0 Å². The summed E-state index contributed by atoms with van der Waals surface area (Å²) >= 11 is 0. The van der Waals surface area contributed by atoms with Crippen LogP contribution in [0.3, 0.4) is 0 Å². The van der Waals surface area contributed by atoms with Crippen LogP contribution in [0.25, 0.3) is 0 Å². The molecular formula is C15H27N3O. The number of nitrogens with one attached hydrogen (secondary N) is 1. The summed E-state index contributed by atoms with van der Waals surface area (Å²) in [5, 5.41) is 18.4. The van der Waals surface area contributed by atoms with Crippen LogP contribution >= 0.6 is 0 Å². The molecular weight excluding hydrogens is 238 g/mol. The topological polar surface area (TPSA) is 50.1 Å². The van der Waals surface area contributed by atoms with E-state index in [0.717, 1.165) is 50.4 Å². The lowest BCUT2D eigenvalue weighted by atomic mass is 9.79. The Bertz CT molecular complexity index is 406. The second-order valence-corrected chi connectivity index (χ2v) is 6.10. The second-order valence-electron chi connectivity index (χ2n) is 6.10. The van der Waals surface area contributed by atoms with E-state index in [1.54, 1.807) is 0 Å². The summed E-state index contributed by atoms with van der Waals surface area (Å²) in [4.78, 5) is 0. The molecule has 2 rings (SSSR count). The smallest absolute Gasteiger partial charge is 0.0771 e. The molecule has 1 aromatic rings. The second kappa shape index (κ2) is 6.06. The van der Waals surface area contributed by atoms with Crippen LogP contribution in [0.1, 0.15) is 50.9 Å². The summed E-state index contributed by atoms with van der Waals surface area (Å²) in [5.41, 5.74) is 1.76. The van der Waals surface area contributed by atoms with Crippen LogP contribution < -0.4 is 5.32 Å². The van der Waals surface area contributed by atoms with Gasteiger partial charge in [-0.1, -0.05) is 6.92 Å². The molecule has 2 N–H and O–H groups in total. The van der Waals surface area contributed by atoms with Gasteiger partial charge in [0.25, 0.3) is 0 Å². The number of nitrogens with zero attached hydrogens (tertiary/aromatic N) is 2. The molecule has 1 saturated carbocycles. The Morgan fingerprint density at radius 1 is 1.47 bits per heavy atom. The summed E-state index contributed by atoms with van der Waals surface area (Å²) in [7, 11) is 0. The maximum absolute atomic E-state index is 10.5. The van der Waals surface area contributed by atoms with Crippen molar-refractivity contribution < 1.29 is 5.11 Å². The molecule has 0 radical (unpaired) electrons. The molecule has 0 aromatic carbocycles. The maximum Gasteiger partial charge on any atom is 0.0771 e. The van der Waals surface area contributed by atoms with E-state index in [1.165, 1.54) is 5.69 Å². The number of aliphatic hydroxyl groups is 1. The fourth-order valence-corrected chi connectivity index (χ4v) is 2.91. The molecule has 4 heteroatoms. The Balaban J connectivity index is 1.82. The zero-order valence-electron chi connectivity index (χ0n) is 12.4. The zero-order chi connectivity index (χ0) is 13.9. The predicted molar refractivity (Wildman–Crippen MR) is 76.9 cm³/mol. The van der Waals surface area contributed by atoms with Crippen LogP contribution in [0.15, 0.2) is 6.07 Å². The van der Waals surface area contributed by atoms with Crippen molar-refractivity contribution in [1.29, 1.82) is 0 Å². The first-order valence-corrected chi connectivity index (χ1v) is 7.49.